The van der Waals surface area contributed by atoms with Crippen molar-refractivity contribution in [3.63, 3.8) is 0 Å². The van der Waals surface area contributed by atoms with E-state index < -0.39 is 0 Å². The van der Waals surface area contributed by atoms with Gasteiger partial charge in [0.25, 0.3) is 0 Å². The fraction of sp³-hybridized carbons (Fsp3) is 0.358. The Labute approximate surface area is 434 Å². The van der Waals surface area contributed by atoms with Gasteiger partial charge in [0.15, 0.2) is 5.78 Å². The number of fused-ring (bicyclic) bond motifs is 7. The van der Waals surface area contributed by atoms with Crippen LogP contribution >= 0.6 is 0 Å². The second kappa shape index (κ2) is 26.0. The van der Waals surface area contributed by atoms with E-state index in [0.717, 1.165) is 31.7 Å². The molecule has 0 fully saturated rings. The molecule has 0 atom stereocenters. The third-order valence-corrected chi connectivity index (χ3v) is 15.5. The van der Waals surface area contributed by atoms with Crippen LogP contribution in [0.2, 0.25) is 0 Å². The number of ketones is 1. The summed E-state index contributed by atoms with van der Waals surface area (Å²) in [6.07, 6.45) is 27.5. The van der Waals surface area contributed by atoms with E-state index in [1.54, 1.807) is 6.07 Å². The first-order valence-corrected chi connectivity index (χ1v) is 27.8. The number of carbonyl (C=O) groups is 1. The lowest BCUT2D eigenvalue weighted by Gasteiger charge is -2.25. The number of rotatable bonds is 28. The summed E-state index contributed by atoms with van der Waals surface area (Å²) < 4.78 is 5.05. The molecule has 8 aromatic rings. The van der Waals surface area contributed by atoms with E-state index in [1.807, 2.05) is 36.4 Å². The van der Waals surface area contributed by atoms with Crippen molar-refractivity contribution in [3.05, 3.63) is 173 Å². The highest BCUT2D eigenvalue weighted by Gasteiger charge is 2.32. The van der Waals surface area contributed by atoms with Gasteiger partial charge >= 0.3 is 0 Å². The van der Waals surface area contributed by atoms with E-state index in [1.165, 1.54) is 178 Å². The zero-order valence-electron chi connectivity index (χ0n) is 43.0. The lowest BCUT2D eigenvalue weighted by molar-refractivity contribution is 0.104. The summed E-state index contributed by atoms with van der Waals surface area (Å²) in [5.74, 6) is -0.141. The van der Waals surface area contributed by atoms with Gasteiger partial charge in [-0.15, -0.1) is 0 Å². The minimum absolute atomic E-state index is 0.0305. The molecule has 9 rings (SSSR count). The maximum absolute atomic E-state index is 13.6. The largest absolute Gasteiger partial charge is 0.372 e. The molecule has 6 heteroatoms. The quantitative estimate of drug-likeness (QED) is 0.0278. The Morgan fingerprint density at radius 2 is 0.753 bits per heavy atom. The third-order valence-electron chi connectivity index (χ3n) is 15.5. The number of carbonyl (C=O) groups excluding carboxylic acids is 1. The number of para-hydroxylation sites is 4. The van der Waals surface area contributed by atoms with E-state index in [-0.39, 0.29) is 11.4 Å². The minimum atomic E-state index is -0.141. The van der Waals surface area contributed by atoms with Crippen molar-refractivity contribution in [2.75, 3.05) is 18.0 Å². The number of Topliss-reactive ketones (excluding diaryl/α,β-unsaturated/α-hetero) is 1. The molecule has 6 aromatic carbocycles. The first-order chi connectivity index (χ1) is 36.1. The van der Waals surface area contributed by atoms with Gasteiger partial charge in [0.1, 0.15) is 17.7 Å². The van der Waals surface area contributed by atoms with Crippen LogP contribution in [0.25, 0.3) is 55.3 Å². The molecule has 2 heterocycles. The highest BCUT2D eigenvalue weighted by Crippen LogP contribution is 2.40. The predicted octanol–water partition coefficient (Wildman–Crippen LogP) is 18.0. The SMILES string of the molecule is N#CC(C#N)=C1/C(=C/c2ccc(N(CCCCCCCCCCCCn3c4ccccc4c4ccccc43)CCCCCCCCCCCCn3c4ccccc4c4ccccc43)cc2)C(=O)c2ccccc21. The molecule has 2 aromatic heterocycles. The van der Waals surface area contributed by atoms with E-state index in [2.05, 4.69) is 135 Å². The number of anilines is 1. The van der Waals surface area contributed by atoms with Crippen molar-refractivity contribution in [3.8, 4) is 12.1 Å². The van der Waals surface area contributed by atoms with E-state index in [9.17, 15) is 15.3 Å². The molecule has 0 saturated heterocycles. The van der Waals surface area contributed by atoms with Gasteiger partial charge in [-0.2, -0.15) is 10.5 Å². The molecular weight excluding hydrogens is 891 g/mol. The summed E-state index contributed by atoms with van der Waals surface area (Å²) in [6.45, 7) is 4.25. The molecule has 0 aliphatic heterocycles. The Bertz CT molecular complexity index is 3000. The van der Waals surface area contributed by atoms with Crippen LogP contribution in [0.3, 0.4) is 0 Å². The number of unbranched alkanes of at least 4 members (excludes halogenated alkanes) is 18. The summed E-state index contributed by atoms with van der Waals surface area (Å²) >= 11 is 0. The van der Waals surface area contributed by atoms with Gasteiger partial charge < -0.3 is 14.0 Å². The van der Waals surface area contributed by atoms with Crippen molar-refractivity contribution in [1.29, 1.82) is 10.5 Å². The number of allylic oxidation sites excluding steroid dienone is 3. The van der Waals surface area contributed by atoms with Gasteiger partial charge in [0, 0.05) is 92.2 Å². The molecule has 0 spiro atoms. The van der Waals surface area contributed by atoms with Gasteiger partial charge in [-0.1, -0.05) is 212 Å². The average Bonchev–Trinajstić information content (AvgIpc) is 4.03. The first-order valence-electron chi connectivity index (χ1n) is 27.8. The number of benzene rings is 6. The molecule has 0 amide bonds. The molecule has 372 valence electrons. The molecule has 1 aliphatic rings. The summed E-state index contributed by atoms with van der Waals surface area (Å²) in [4.78, 5) is 16.1. The van der Waals surface area contributed by atoms with Gasteiger partial charge in [-0.25, -0.2) is 0 Å². The maximum Gasteiger partial charge on any atom is 0.194 e. The second-order valence-corrected chi connectivity index (χ2v) is 20.4. The Kier molecular flexibility index (Phi) is 18.1. The Morgan fingerprint density at radius 3 is 1.15 bits per heavy atom. The molecule has 73 heavy (non-hydrogen) atoms. The van der Waals surface area contributed by atoms with Crippen LogP contribution in [0.15, 0.2) is 157 Å². The van der Waals surface area contributed by atoms with E-state index >= 15 is 0 Å². The summed E-state index contributed by atoms with van der Waals surface area (Å²) in [5, 5.41) is 25.1. The number of aromatic nitrogens is 2. The molecule has 1 aliphatic carbocycles. The summed E-state index contributed by atoms with van der Waals surface area (Å²) in [5.41, 5.74) is 9.55. The molecule has 0 unspecified atom stereocenters. The van der Waals surface area contributed by atoms with Crippen LogP contribution in [-0.2, 0) is 13.1 Å². The Hall–Kier alpha value is -7.15. The topological polar surface area (TPSA) is 77.8 Å². The van der Waals surface area contributed by atoms with Crippen molar-refractivity contribution >= 4 is 66.7 Å². The maximum atomic E-state index is 13.6. The third kappa shape index (κ3) is 12.4. The van der Waals surface area contributed by atoms with Crippen LogP contribution < -0.4 is 4.90 Å². The first kappa shape index (κ1) is 50.8. The number of hydrogen-bond donors (Lipinski definition) is 0. The van der Waals surface area contributed by atoms with Crippen LogP contribution in [0.1, 0.15) is 150 Å². The number of aryl methyl sites for hydroxylation is 2. The lowest BCUT2D eigenvalue weighted by Crippen LogP contribution is -2.25. The average molecular weight is 964 g/mol. The fourth-order valence-electron chi connectivity index (χ4n) is 11.6. The van der Waals surface area contributed by atoms with Crippen molar-refractivity contribution in [1.82, 2.24) is 9.13 Å². The van der Waals surface area contributed by atoms with Gasteiger partial charge in [-0.3, -0.25) is 4.79 Å². The number of nitrogens with zero attached hydrogens (tertiary/aromatic N) is 5. The molecular formula is C67H73N5O. The van der Waals surface area contributed by atoms with Crippen LogP contribution in [0.5, 0.6) is 0 Å². The smallest absolute Gasteiger partial charge is 0.194 e. The zero-order chi connectivity index (χ0) is 50.0. The molecule has 0 saturated carbocycles. The lowest BCUT2D eigenvalue weighted by atomic mass is 9.98. The molecule has 0 bridgehead atoms. The predicted molar refractivity (Wildman–Crippen MR) is 307 cm³/mol. The van der Waals surface area contributed by atoms with Crippen LogP contribution in [0, 0.1) is 22.7 Å². The van der Waals surface area contributed by atoms with Gasteiger partial charge in [0.2, 0.25) is 0 Å². The van der Waals surface area contributed by atoms with Crippen LogP contribution in [-0.4, -0.2) is 28.0 Å². The zero-order valence-corrected chi connectivity index (χ0v) is 43.0. The standard InChI is InChI=1S/C67H73N5O/c68-50-53(51-69)66-59-35-17-18-36-60(59)67(73)61(66)49-52-41-43-54(44-42-52)70(45-27-13-9-5-1-3-7-11-15-29-47-71-62-37-23-19-31-55(62)56-32-20-24-38-63(56)71)46-28-14-10-6-2-4-8-12-16-30-48-72-64-39-25-21-33-57(64)58-34-22-26-40-65(58)72/h17-26,31-44,49H,1-16,27-30,45-48H2/b61-49-. The second-order valence-electron chi connectivity index (χ2n) is 20.4. The molecule has 6 nitrogen and oxygen atoms in total. The van der Waals surface area contributed by atoms with Crippen LogP contribution in [0.4, 0.5) is 5.69 Å². The van der Waals surface area contributed by atoms with Crippen molar-refractivity contribution in [2.24, 2.45) is 0 Å². The van der Waals surface area contributed by atoms with Gasteiger partial charge in [0.05, 0.1) is 0 Å². The molecule has 0 radical (unpaired) electrons. The highest BCUT2D eigenvalue weighted by molar-refractivity contribution is 6.29. The Balaban J connectivity index is 0.699. The highest BCUT2D eigenvalue weighted by atomic mass is 16.1. The van der Waals surface area contributed by atoms with Gasteiger partial charge in [-0.05, 0) is 79.3 Å². The molecule has 0 N–H and O–H groups in total. The van der Waals surface area contributed by atoms with Crippen molar-refractivity contribution < 1.29 is 4.79 Å². The monoisotopic (exact) mass is 964 g/mol. The van der Waals surface area contributed by atoms with Crippen molar-refractivity contribution in [2.45, 2.75) is 142 Å². The minimum Gasteiger partial charge on any atom is -0.372 e. The summed E-state index contributed by atoms with van der Waals surface area (Å²) in [7, 11) is 0. The number of nitriles is 2. The Morgan fingerprint density at radius 1 is 0.411 bits per heavy atom. The van der Waals surface area contributed by atoms with E-state index in [0.29, 0.717) is 22.3 Å². The summed E-state index contributed by atoms with van der Waals surface area (Å²) in [6, 6.07) is 55.2. The fourth-order valence-corrected chi connectivity index (χ4v) is 11.6. The normalized spacial score (nSPS) is 12.9. The van der Waals surface area contributed by atoms with E-state index in [4.69, 9.17) is 0 Å². The number of hydrogen-bond acceptors (Lipinski definition) is 4.